The van der Waals surface area contributed by atoms with Crippen molar-refractivity contribution in [2.75, 3.05) is 7.11 Å². The van der Waals surface area contributed by atoms with Gasteiger partial charge in [-0.05, 0) is 30.8 Å². The van der Waals surface area contributed by atoms with E-state index in [1.165, 1.54) is 24.9 Å². The van der Waals surface area contributed by atoms with Crippen LogP contribution in [-0.4, -0.2) is 17.9 Å². The number of methoxy groups -OCH3 is 1. The van der Waals surface area contributed by atoms with Crippen molar-refractivity contribution >= 4 is 17.5 Å². The second kappa shape index (κ2) is 5.05. The van der Waals surface area contributed by atoms with Crippen molar-refractivity contribution in [3.8, 4) is 5.75 Å². The van der Waals surface area contributed by atoms with Crippen LogP contribution >= 0.6 is 11.8 Å². The molecule has 1 aromatic heterocycles. The van der Waals surface area contributed by atoms with Gasteiger partial charge >= 0.3 is 0 Å². The monoisotopic (exact) mass is 249 g/mol. The Morgan fingerprint density at radius 3 is 2.88 bits per heavy atom. The normalized spacial score (nSPS) is 10.2. The molecule has 2 aromatic rings. The fourth-order valence-electron chi connectivity index (χ4n) is 1.47. The van der Waals surface area contributed by atoms with Crippen molar-refractivity contribution in [1.82, 2.24) is 4.98 Å². The fraction of sp³-hybridized carbons (Fsp3) is 0.167. The molecule has 17 heavy (non-hydrogen) atoms. The lowest BCUT2D eigenvalue weighted by Crippen LogP contribution is -1.99. The Labute approximate surface area is 103 Å². The van der Waals surface area contributed by atoms with Gasteiger partial charge < -0.3 is 9.15 Å². The molecule has 0 atom stereocenters. The maximum atomic E-state index is 11.6. The SMILES string of the molecule is COc1cccc(Sc2ncco2)c1C(C)=O. The smallest absolute Gasteiger partial charge is 0.260 e. The van der Waals surface area contributed by atoms with Crippen LogP contribution in [0.15, 0.2) is 45.2 Å². The number of hydrogen-bond donors (Lipinski definition) is 0. The summed E-state index contributed by atoms with van der Waals surface area (Å²) in [6, 6.07) is 5.43. The summed E-state index contributed by atoms with van der Waals surface area (Å²) >= 11 is 1.30. The Balaban J connectivity index is 2.42. The quantitative estimate of drug-likeness (QED) is 0.779. The summed E-state index contributed by atoms with van der Waals surface area (Å²) in [6.07, 6.45) is 3.06. The van der Waals surface area contributed by atoms with Gasteiger partial charge in [-0.3, -0.25) is 4.79 Å². The number of Topliss-reactive ketones (excluding diaryl/α,β-unsaturated/α-hetero) is 1. The first-order valence-corrected chi connectivity index (χ1v) is 5.79. The van der Waals surface area contributed by atoms with Crippen LogP contribution in [-0.2, 0) is 0 Å². The molecule has 0 saturated carbocycles. The molecule has 0 radical (unpaired) electrons. The van der Waals surface area contributed by atoms with Gasteiger partial charge in [-0.15, -0.1) is 0 Å². The molecule has 1 heterocycles. The molecule has 5 heteroatoms. The standard InChI is InChI=1S/C12H11NO3S/c1-8(14)11-9(15-2)4-3-5-10(11)17-12-13-6-7-16-12/h3-7H,1-2H3. The van der Waals surface area contributed by atoms with E-state index in [2.05, 4.69) is 4.98 Å². The van der Waals surface area contributed by atoms with E-state index >= 15 is 0 Å². The van der Waals surface area contributed by atoms with Crippen LogP contribution in [0.4, 0.5) is 0 Å². The van der Waals surface area contributed by atoms with E-state index in [1.54, 1.807) is 19.4 Å². The second-order valence-electron chi connectivity index (χ2n) is 3.29. The van der Waals surface area contributed by atoms with E-state index in [1.807, 2.05) is 12.1 Å². The van der Waals surface area contributed by atoms with Crippen LogP contribution in [0.5, 0.6) is 5.75 Å². The third-order valence-corrected chi connectivity index (χ3v) is 3.10. The summed E-state index contributed by atoms with van der Waals surface area (Å²) in [5.41, 5.74) is 0.554. The molecule has 0 bridgehead atoms. The minimum Gasteiger partial charge on any atom is -0.496 e. The summed E-state index contributed by atoms with van der Waals surface area (Å²) in [4.78, 5) is 16.4. The average Bonchev–Trinajstić information content (AvgIpc) is 2.81. The lowest BCUT2D eigenvalue weighted by atomic mass is 10.1. The van der Waals surface area contributed by atoms with Crippen LogP contribution in [0.3, 0.4) is 0 Å². The number of hydrogen-bond acceptors (Lipinski definition) is 5. The molecule has 0 aliphatic heterocycles. The lowest BCUT2D eigenvalue weighted by molar-refractivity contribution is 0.101. The van der Waals surface area contributed by atoms with Crippen molar-refractivity contribution in [1.29, 1.82) is 0 Å². The van der Waals surface area contributed by atoms with Crippen LogP contribution in [0.2, 0.25) is 0 Å². The Kier molecular flexibility index (Phi) is 3.49. The van der Waals surface area contributed by atoms with Gasteiger partial charge in [0.15, 0.2) is 5.78 Å². The van der Waals surface area contributed by atoms with Gasteiger partial charge in [0.2, 0.25) is 0 Å². The third-order valence-electron chi connectivity index (χ3n) is 2.17. The van der Waals surface area contributed by atoms with E-state index in [0.29, 0.717) is 16.5 Å². The molecular weight excluding hydrogens is 238 g/mol. The Morgan fingerprint density at radius 2 is 2.29 bits per heavy atom. The highest BCUT2D eigenvalue weighted by molar-refractivity contribution is 7.99. The zero-order valence-corrected chi connectivity index (χ0v) is 10.3. The maximum Gasteiger partial charge on any atom is 0.260 e. The Morgan fingerprint density at radius 1 is 1.47 bits per heavy atom. The lowest BCUT2D eigenvalue weighted by Gasteiger charge is -2.09. The Bertz CT molecular complexity index is 523. The van der Waals surface area contributed by atoms with Crippen LogP contribution in [0.25, 0.3) is 0 Å². The molecule has 88 valence electrons. The minimum atomic E-state index is -0.0449. The molecule has 2 rings (SSSR count). The van der Waals surface area contributed by atoms with Crippen molar-refractivity contribution < 1.29 is 13.9 Å². The molecule has 0 aliphatic carbocycles. The number of carbonyl (C=O) groups is 1. The maximum absolute atomic E-state index is 11.6. The van der Waals surface area contributed by atoms with E-state index in [9.17, 15) is 4.79 Å². The molecule has 0 unspecified atom stereocenters. The number of carbonyl (C=O) groups excluding carboxylic acids is 1. The molecule has 1 aromatic carbocycles. The first-order valence-electron chi connectivity index (χ1n) is 4.97. The van der Waals surface area contributed by atoms with Gasteiger partial charge in [0.05, 0.1) is 18.9 Å². The highest BCUT2D eigenvalue weighted by atomic mass is 32.2. The number of rotatable bonds is 4. The predicted molar refractivity (Wildman–Crippen MR) is 63.6 cm³/mol. The van der Waals surface area contributed by atoms with E-state index in [4.69, 9.17) is 9.15 Å². The number of aromatic nitrogens is 1. The predicted octanol–water partition coefficient (Wildman–Crippen LogP) is 3.04. The molecule has 4 nitrogen and oxygen atoms in total. The second-order valence-corrected chi connectivity index (χ2v) is 4.28. The molecule has 0 N–H and O–H groups in total. The first-order chi connectivity index (χ1) is 8.22. The topological polar surface area (TPSA) is 52.3 Å². The zero-order chi connectivity index (χ0) is 12.3. The average molecular weight is 249 g/mol. The largest absolute Gasteiger partial charge is 0.496 e. The summed E-state index contributed by atoms with van der Waals surface area (Å²) in [5, 5.41) is 0.501. The summed E-state index contributed by atoms with van der Waals surface area (Å²) in [6.45, 7) is 1.51. The fourth-order valence-corrected chi connectivity index (χ4v) is 2.37. The van der Waals surface area contributed by atoms with E-state index in [0.717, 1.165) is 4.90 Å². The third kappa shape index (κ3) is 2.50. The first kappa shape index (κ1) is 11.7. The number of ether oxygens (including phenoxy) is 1. The van der Waals surface area contributed by atoms with Gasteiger partial charge in [0, 0.05) is 4.90 Å². The molecular formula is C12H11NO3S. The van der Waals surface area contributed by atoms with Gasteiger partial charge in [-0.2, -0.15) is 0 Å². The van der Waals surface area contributed by atoms with Crippen LogP contribution < -0.4 is 4.74 Å². The summed E-state index contributed by atoms with van der Waals surface area (Å²) < 4.78 is 10.3. The van der Waals surface area contributed by atoms with Crippen molar-refractivity contribution in [3.05, 3.63) is 36.2 Å². The molecule has 0 spiro atoms. The molecule has 0 saturated heterocycles. The van der Waals surface area contributed by atoms with E-state index in [-0.39, 0.29) is 5.78 Å². The van der Waals surface area contributed by atoms with Crippen molar-refractivity contribution in [2.24, 2.45) is 0 Å². The van der Waals surface area contributed by atoms with Gasteiger partial charge in [0.1, 0.15) is 12.0 Å². The number of benzene rings is 1. The van der Waals surface area contributed by atoms with Crippen LogP contribution in [0.1, 0.15) is 17.3 Å². The highest BCUT2D eigenvalue weighted by Crippen LogP contribution is 2.34. The highest BCUT2D eigenvalue weighted by Gasteiger charge is 2.15. The van der Waals surface area contributed by atoms with Crippen molar-refractivity contribution in [3.63, 3.8) is 0 Å². The number of oxazole rings is 1. The molecule has 0 aliphatic rings. The van der Waals surface area contributed by atoms with E-state index < -0.39 is 0 Å². The van der Waals surface area contributed by atoms with Gasteiger partial charge in [-0.1, -0.05) is 6.07 Å². The summed E-state index contributed by atoms with van der Waals surface area (Å²) in [5.74, 6) is 0.519. The number of nitrogens with zero attached hydrogens (tertiary/aromatic N) is 1. The van der Waals surface area contributed by atoms with Gasteiger partial charge in [0.25, 0.3) is 5.22 Å². The van der Waals surface area contributed by atoms with Crippen molar-refractivity contribution in [2.45, 2.75) is 17.0 Å². The summed E-state index contributed by atoms with van der Waals surface area (Å²) in [7, 11) is 1.54. The number of ketones is 1. The Hall–Kier alpha value is -1.75. The molecule has 0 amide bonds. The molecule has 0 fully saturated rings. The minimum absolute atomic E-state index is 0.0449. The van der Waals surface area contributed by atoms with Gasteiger partial charge in [-0.25, -0.2) is 4.98 Å². The zero-order valence-electron chi connectivity index (χ0n) is 9.47. The van der Waals surface area contributed by atoms with Crippen LogP contribution in [0, 0.1) is 0 Å².